The highest BCUT2D eigenvalue weighted by Crippen LogP contribution is 2.32. The highest BCUT2D eigenvalue weighted by molar-refractivity contribution is 9.10. The number of nitrogens with one attached hydrogen (secondary N) is 1. The molecule has 2 heterocycles. The van der Waals surface area contributed by atoms with Crippen LogP contribution >= 0.6 is 38.6 Å². The zero-order chi connectivity index (χ0) is 17.9. The van der Waals surface area contributed by atoms with Gasteiger partial charge in [-0.05, 0) is 48.5 Å². The molecule has 5 nitrogen and oxygen atoms in total. The topological polar surface area (TPSA) is 58.6 Å². The highest BCUT2D eigenvalue weighted by atomic mass is 79.9. The molecule has 2 aromatic heterocycles. The monoisotopic (exact) mass is 430 g/mol. The number of likely N-dealkylation sites (N-methyl/N-ethyl adjacent to an activating group) is 1. The number of carbonyl (C=O) groups is 2. The van der Waals surface area contributed by atoms with Crippen LogP contribution in [-0.2, 0) is 16.1 Å². The number of methoxy groups -OCH3 is 1. The van der Waals surface area contributed by atoms with Crippen molar-refractivity contribution >= 4 is 55.5 Å². The fourth-order valence-electron chi connectivity index (χ4n) is 2.23. The van der Waals surface area contributed by atoms with Crippen molar-refractivity contribution in [2.45, 2.75) is 20.4 Å². The van der Waals surface area contributed by atoms with Crippen LogP contribution in [0.3, 0.4) is 0 Å². The molecule has 0 saturated heterocycles. The average molecular weight is 431 g/mol. The van der Waals surface area contributed by atoms with Crippen molar-refractivity contribution in [3.05, 3.63) is 36.8 Å². The number of aryl methyl sites for hydroxylation is 1. The first kappa shape index (κ1) is 19.1. The predicted molar refractivity (Wildman–Crippen MR) is 102 cm³/mol. The molecule has 0 saturated carbocycles. The van der Waals surface area contributed by atoms with Gasteiger partial charge in [0.05, 0.1) is 19.2 Å². The lowest BCUT2D eigenvalue weighted by molar-refractivity contribution is -0.117. The minimum absolute atomic E-state index is 0.153. The van der Waals surface area contributed by atoms with Crippen molar-refractivity contribution in [3.63, 3.8) is 0 Å². The van der Waals surface area contributed by atoms with Crippen LogP contribution in [0.4, 0.5) is 5.00 Å². The van der Waals surface area contributed by atoms with Crippen molar-refractivity contribution < 1.29 is 14.3 Å². The van der Waals surface area contributed by atoms with Gasteiger partial charge in [-0.25, -0.2) is 4.79 Å². The Morgan fingerprint density at radius 1 is 1.38 bits per heavy atom. The lowest BCUT2D eigenvalue weighted by atomic mass is 10.1. The smallest absolute Gasteiger partial charge is 0.341 e. The minimum Gasteiger partial charge on any atom is -0.465 e. The Balaban J connectivity index is 2.02. The lowest BCUT2D eigenvalue weighted by Gasteiger charge is -2.15. The molecule has 1 N–H and O–H groups in total. The summed E-state index contributed by atoms with van der Waals surface area (Å²) in [5, 5.41) is 5.41. The standard InChI is InChI=1S/C16H19BrN2O3S2/c1-9-10(2)24-15(14(9)16(21)22-4)18-13(20)7-19(3)6-12-5-11(17)8-23-12/h5,8H,6-7H2,1-4H3,(H,18,20). The summed E-state index contributed by atoms with van der Waals surface area (Å²) in [5.74, 6) is -0.580. The summed E-state index contributed by atoms with van der Waals surface area (Å²) in [4.78, 5) is 28.3. The van der Waals surface area contributed by atoms with Crippen molar-refractivity contribution in [1.82, 2.24) is 4.90 Å². The number of anilines is 1. The Hall–Kier alpha value is -1.22. The molecule has 0 atom stereocenters. The van der Waals surface area contributed by atoms with Crippen LogP contribution < -0.4 is 5.32 Å². The number of nitrogens with zero attached hydrogens (tertiary/aromatic N) is 1. The van der Waals surface area contributed by atoms with E-state index in [9.17, 15) is 9.59 Å². The number of amides is 1. The van der Waals surface area contributed by atoms with E-state index >= 15 is 0 Å². The molecular formula is C16H19BrN2O3S2. The number of carbonyl (C=O) groups excluding carboxylic acids is 2. The van der Waals surface area contributed by atoms with Crippen LogP contribution in [0, 0.1) is 13.8 Å². The normalized spacial score (nSPS) is 10.9. The number of halogens is 1. The van der Waals surface area contributed by atoms with Gasteiger partial charge in [-0.2, -0.15) is 0 Å². The summed E-state index contributed by atoms with van der Waals surface area (Å²) in [7, 11) is 3.23. The molecule has 8 heteroatoms. The molecule has 0 spiro atoms. The van der Waals surface area contributed by atoms with Crippen molar-refractivity contribution in [3.8, 4) is 0 Å². The molecule has 0 fully saturated rings. The molecule has 2 aromatic rings. The third-order valence-corrected chi connectivity index (χ3v) is 6.29. The van der Waals surface area contributed by atoms with Gasteiger partial charge in [0.1, 0.15) is 5.00 Å². The summed E-state index contributed by atoms with van der Waals surface area (Å²) >= 11 is 6.46. The van der Waals surface area contributed by atoms with Crippen LogP contribution in [0.2, 0.25) is 0 Å². The number of ether oxygens (including phenoxy) is 1. The van der Waals surface area contributed by atoms with Gasteiger partial charge in [-0.15, -0.1) is 22.7 Å². The third-order valence-electron chi connectivity index (χ3n) is 3.49. The van der Waals surface area contributed by atoms with Crippen molar-refractivity contribution in [2.24, 2.45) is 0 Å². The molecular weight excluding hydrogens is 412 g/mol. The molecule has 1 amide bonds. The first-order valence-corrected chi connectivity index (χ1v) is 9.70. The first-order chi connectivity index (χ1) is 11.3. The predicted octanol–water partition coefficient (Wildman–Crippen LogP) is 4.05. The summed E-state index contributed by atoms with van der Waals surface area (Å²) in [6.07, 6.45) is 0. The maximum atomic E-state index is 12.3. The fourth-order valence-corrected chi connectivity index (χ4v) is 4.83. The Kier molecular flexibility index (Phi) is 6.56. The van der Waals surface area contributed by atoms with E-state index in [4.69, 9.17) is 4.74 Å². The van der Waals surface area contributed by atoms with Gasteiger partial charge in [-0.1, -0.05) is 0 Å². The number of hydrogen-bond donors (Lipinski definition) is 1. The summed E-state index contributed by atoms with van der Waals surface area (Å²) < 4.78 is 5.87. The van der Waals surface area contributed by atoms with Crippen molar-refractivity contribution in [1.29, 1.82) is 0 Å². The van der Waals surface area contributed by atoms with E-state index in [0.29, 0.717) is 17.1 Å². The third kappa shape index (κ3) is 4.66. The first-order valence-electron chi connectivity index (χ1n) is 7.21. The zero-order valence-electron chi connectivity index (χ0n) is 13.9. The molecule has 130 valence electrons. The number of thiophene rings is 2. The van der Waals surface area contributed by atoms with Gasteiger partial charge in [0.15, 0.2) is 0 Å². The van der Waals surface area contributed by atoms with Gasteiger partial charge < -0.3 is 10.1 Å². The van der Waals surface area contributed by atoms with Crippen LogP contribution in [0.1, 0.15) is 25.7 Å². The number of esters is 1. The Bertz CT molecular complexity index is 755. The van der Waals surface area contributed by atoms with Gasteiger partial charge >= 0.3 is 5.97 Å². The van der Waals surface area contributed by atoms with Crippen LogP contribution in [0.5, 0.6) is 0 Å². The summed E-state index contributed by atoms with van der Waals surface area (Å²) in [6.45, 7) is 4.71. The van der Waals surface area contributed by atoms with E-state index in [-0.39, 0.29) is 12.5 Å². The SMILES string of the molecule is COC(=O)c1c(NC(=O)CN(C)Cc2cc(Br)cs2)sc(C)c1C. The molecule has 0 aliphatic carbocycles. The fraction of sp³-hybridized carbons (Fsp3) is 0.375. The number of hydrogen-bond acceptors (Lipinski definition) is 6. The van der Waals surface area contributed by atoms with E-state index in [1.165, 1.54) is 23.3 Å². The second-order valence-corrected chi connectivity index (χ2v) is 8.57. The van der Waals surface area contributed by atoms with E-state index in [0.717, 1.165) is 14.9 Å². The molecule has 0 aliphatic rings. The van der Waals surface area contributed by atoms with E-state index in [2.05, 4.69) is 21.2 Å². The van der Waals surface area contributed by atoms with Crippen LogP contribution in [-0.4, -0.2) is 37.5 Å². The van der Waals surface area contributed by atoms with Crippen molar-refractivity contribution in [2.75, 3.05) is 26.0 Å². The molecule has 2 rings (SSSR count). The van der Waals surface area contributed by atoms with E-state index in [1.54, 1.807) is 11.3 Å². The molecule has 0 unspecified atom stereocenters. The minimum atomic E-state index is -0.427. The Labute approximate surface area is 157 Å². The molecule has 24 heavy (non-hydrogen) atoms. The molecule has 0 aliphatic heterocycles. The zero-order valence-corrected chi connectivity index (χ0v) is 17.2. The van der Waals surface area contributed by atoms with Gasteiger partial charge in [0.25, 0.3) is 0 Å². The van der Waals surface area contributed by atoms with Crippen LogP contribution in [0.15, 0.2) is 15.9 Å². The maximum Gasteiger partial charge on any atom is 0.341 e. The average Bonchev–Trinajstić information content (AvgIpc) is 3.02. The maximum absolute atomic E-state index is 12.3. The number of rotatable bonds is 6. The quantitative estimate of drug-likeness (QED) is 0.702. The Morgan fingerprint density at radius 3 is 2.67 bits per heavy atom. The van der Waals surface area contributed by atoms with Crippen LogP contribution in [0.25, 0.3) is 0 Å². The highest BCUT2D eigenvalue weighted by Gasteiger charge is 2.21. The second kappa shape index (κ2) is 8.24. The molecule has 0 radical (unpaired) electrons. The summed E-state index contributed by atoms with van der Waals surface area (Å²) in [6, 6.07) is 2.04. The molecule has 0 aromatic carbocycles. The molecule has 0 bridgehead atoms. The Morgan fingerprint density at radius 2 is 2.08 bits per heavy atom. The van der Waals surface area contributed by atoms with Gasteiger partial charge in [0, 0.05) is 26.2 Å². The lowest BCUT2D eigenvalue weighted by Crippen LogP contribution is -2.29. The van der Waals surface area contributed by atoms with E-state index < -0.39 is 5.97 Å². The van der Waals surface area contributed by atoms with Gasteiger partial charge in [-0.3, -0.25) is 9.69 Å². The largest absolute Gasteiger partial charge is 0.465 e. The second-order valence-electron chi connectivity index (χ2n) is 5.43. The van der Waals surface area contributed by atoms with Gasteiger partial charge in [0.2, 0.25) is 5.91 Å². The van der Waals surface area contributed by atoms with E-state index in [1.807, 2.05) is 37.2 Å². The summed E-state index contributed by atoms with van der Waals surface area (Å²) in [5.41, 5.74) is 1.29.